The first-order valence-electron chi connectivity index (χ1n) is 9.76. The molecule has 5 heteroatoms. The van der Waals surface area contributed by atoms with E-state index in [9.17, 15) is 14.7 Å². The van der Waals surface area contributed by atoms with Gasteiger partial charge in [-0.3, -0.25) is 9.59 Å². The van der Waals surface area contributed by atoms with E-state index < -0.39 is 16.8 Å². The lowest BCUT2D eigenvalue weighted by molar-refractivity contribution is -0.170. The Labute approximate surface area is 157 Å². The van der Waals surface area contributed by atoms with Gasteiger partial charge in [0.05, 0.1) is 11.2 Å². The fourth-order valence-electron chi connectivity index (χ4n) is 4.28. The van der Waals surface area contributed by atoms with Crippen LogP contribution >= 0.6 is 0 Å². The third-order valence-corrected chi connectivity index (χ3v) is 6.09. The molecule has 2 aliphatic rings. The summed E-state index contributed by atoms with van der Waals surface area (Å²) >= 11 is 0. The summed E-state index contributed by atoms with van der Waals surface area (Å²) in [6.07, 6.45) is 6.83. The van der Waals surface area contributed by atoms with Crippen LogP contribution in [0.15, 0.2) is 12.2 Å². The number of ether oxygens (including phenoxy) is 2. The van der Waals surface area contributed by atoms with E-state index in [1.165, 1.54) is 0 Å². The number of carbonyl (C=O) groups is 2. The average molecular weight is 366 g/mol. The summed E-state index contributed by atoms with van der Waals surface area (Å²) in [6, 6.07) is 0. The molecule has 2 rings (SSSR count). The molecular formula is C21H34O5. The summed E-state index contributed by atoms with van der Waals surface area (Å²) in [5.41, 5.74) is -2.29. The van der Waals surface area contributed by atoms with Gasteiger partial charge in [-0.2, -0.15) is 0 Å². The van der Waals surface area contributed by atoms with Crippen molar-refractivity contribution in [2.24, 2.45) is 11.8 Å². The first kappa shape index (κ1) is 21.1. The third-order valence-electron chi connectivity index (χ3n) is 6.09. The van der Waals surface area contributed by atoms with E-state index in [1.807, 2.05) is 19.9 Å². The number of aliphatic hydroxyl groups is 1. The maximum absolute atomic E-state index is 12.3. The van der Waals surface area contributed by atoms with Gasteiger partial charge in [-0.05, 0) is 51.4 Å². The zero-order valence-electron chi connectivity index (χ0n) is 16.8. The van der Waals surface area contributed by atoms with Gasteiger partial charge in [-0.25, -0.2) is 0 Å². The van der Waals surface area contributed by atoms with Gasteiger partial charge in [-0.1, -0.05) is 32.9 Å². The molecule has 5 nitrogen and oxygen atoms in total. The minimum atomic E-state index is -1.19. The van der Waals surface area contributed by atoms with E-state index in [1.54, 1.807) is 13.0 Å². The molecule has 1 N–H and O–H groups in total. The van der Waals surface area contributed by atoms with Gasteiger partial charge in [0.2, 0.25) is 0 Å². The minimum Gasteiger partial charge on any atom is -0.462 e. The minimum absolute atomic E-state index is 0.0511. The fraction of sp³-hybridized carbons (Fsp3) is 0.810. The van der Waals surface area contributed by atoms with Crippen molar-refractivity contribution in [2.45, 2.75) is 96.1 Å². The lowest BCUT2D eigenvalue weighted by Crippen LogP contribution is -2.45. The zero-order chi connectivity index (χ0) is 19.6. The highest BCUT2D eigenvalue weighted by atomic mass is 16.6. The molecule has 0 aromatic heterocycles. The molecule has 0 unspecified atom stereocenters. The first-order chi connectivity index (χ1) is 12.0. The Kier molecular flexibility index (Phi) is 6.34. The highest BCUT2D eigenvalue weighted by molar-refractivity contribution is 5.79. The van der Waals surface area contributed by atoms with E-state index in [0.717, 1.165) is 19.3 Å². The summed E-state index contributed by atoms with van der Waals surface area (Å²) in [5, 5.41) is 10.7. The van der Waals surface area contributed by atoms with Gasteiger partial charge in [0.25, 0.3) is 6.47 Å². The first-order valence-corrected chi connectivity index (χ1v) is 9.76. The van der Waals surface area contributed by atoms with Gasteiger partial charge < -0.3 is 14.6 Å². The van der Waals surface area contributed by atoms with Crippen LogP contribution < -0.4 is 0 Å². The number of ketones is 1. The Morgan fingerprint density at radius 1 is 1.27 bits per heavy atom. The summed E-state index contributed by atoms with van der Waals surface area (Å²) in [6.45, 7) is 10.4. The lowest BCUT2D eigenvalue weighted by atomic mass is 9.82. The lowest BCUT2D eigenvalue weighted by Gasteiger charge is -2.38. The number of hydrogen-bond acceptors (Lipinski definition) is 5. The highest BCUT2D eigenvalue weighted by Gasteiger charge is 2.51. The van der Waals surface area contributed by atoms with E-state index in [0.29, 0.717) is 19.3 Å². The molecule has 5 atom stereocenters. The molecule has 0 saturated carbocycles. The van der Waals surface area contributed by atoms with Crippen molar-refractivity contribution in [2.75, 3.05) is 0 Å². The molecule has 2 heterocycles. The maximum atomic E-state index is 12.3. The average Bonchev–Trinajstić information content (AvgIpc) is 2.88. The monoisotopic (exact) mass is 366 g/mol. The second kappa shape index (κ2) is 7.81. The summed E-state index contributed by atoms with van der Waals surface area (Å²) in [7, 11) is 0. The van der Waals surface area contributed by atoms with Crippen LogP contribution in [0.2, 0.25) is 0 Å². The number of Topliss-reactive ketones (excluding diaryl/α,β-unsaturated/α-hetero) is 1. The van der Waals surface area contributed by atoms with E-state index in [4.69, 9.17) is 9.47 Å². The summed E-state index contributed by atoms with van der Waals surface area (Å²) in [4.78, 5) is 23.4. The molecule has 0 aromatic carbocycles. The molecule has 2 bridgehead atoms. The molecule has 0 spiro atoms. The van der Waals surface area contributed by atoms with Crippen molar-refractivity contribution in [3.05, 3.63) is 12.2 Å². The van der Waals surface area contributed by atoms with Crippen molar-refractivity contribution in [3.63, 3.8) is 0 Å². The van der Waals surface area contributed by atoms with Crippen LogP contribution in [-0.4, -0.2) is 40.3 Å². The van der Waals surface area contributed by atoms with Crippen LogP contribution in [0.3, 0.4) is 0 Å². The Balaban J connectivity index is 2.41. The maximum Gasteiger partial charge on any atom is 0.293 e. The van der Waals surface area contributed by atoms with Crippen molar-refractivity contribution >= 4 is 12.3 Å². The predicted molar refractivity (Wildman–Crippen MR) is 99.6 cm³/mol. The van der Waals surface area contributed by atoms with Crippen LogP contribution in [0.25, 0.3) is 0 Å². The van der Waals surface area contributed by atoms with E-state index in [-0.39, 0.29) is 30.1 Å². The molecular weight excluding hydrogens is 332 g/mol. The van der Waals surface area contributed by atoms with E-state index in [2.05, 4.69) is 13.8 Å². The van der Waals surface area contributed by atoms with Gasteiger partial charge in [0.1, 0.15) is 17.5 Å². The predicted octanol–water partition coefficient (Wildman–Crippen LogP) is 3.58. The molecule has 148 valence electrons. The fourth-order valence-corrected chi connectivity index (χ4v) is 4.28. The van der Waals surface area contributed by atoms with Gasteiger partial charge in [0.15, 0.2) is 0 Å². The zero-order valence-corrected chi connectivity index (χ0v) is 16.8. The summed E-state index contributed by atoms with van der Waals surface area (Å²) in [5.74, 6) is 0.406. The van der Waals surface area contributed by atoms with Crippen LogP contribution in [-0.2, 0) is 19.1 Å². The highest BCUT2D eigenvalue weighted by Crippen LogP contribution is 2.47. The standard InChI is InChI=1S/C21H34O5/c1-15(2)21-10-8-19(4,24)13-17(23)12-16(3)6-7-18(25-14-22)20(5,26-21)9-11-21/h8,10,14-16,18,24H,6-7,9,11-13H2,1-5H3/b10-8+/t16-,18+,19-,20-,21-/m0/s1. The quantitative estimate of drug-likeness (QED) is 0.610. The van der Waals surface area contributed by atoms with Crippen LogP contribution in [0.4, 0.5) is 0 Å². The van der Waals surface area contributed by atoms with Crippen molar-refractivity contribution < 1.29 is 24.2 Å². The molecule has 0 aliphatic carbocycles. The van der Waals surface area contributed by atoms with Crippen molar-refractivity contribution in [3.8, 4) is 0 Å². The van der Waals surface area contributed by atoms with Crippen molar-refractivity contribution in [1.82, 2.24) is 0 Å². The number of rotatable bonds is 3. The smallest absolute Gasteiger partial charge is 0.293 e. The third kappa shape index (κ3) is 4.74. The van der Waals surface area contributed by atoms with Crippen LogP contribution in [0.5, 0.6) is 0 Å². The Morgan fingerprint density at radius 3 is 2.58 bits per heavy atom. The summed E-state index contributed by atoms with van der Waals surface area (Å²) < 4.78 is 12.0. The SMILES string of the molecule is CC(C)[C@]12/C=C/[C@](C)(O)CC(=O)C[C@@H](C)CC[C@@H](OC=O)[C@](C)(CC1)O2. The van der Waals surface area contributed by atoms with E-state index >= 15 is 0 Å². The van der Waals surface area contributed by atoms with Crippen LogP contribution in [0.1, 0.15) is 73.1 Å². The topological polar surface area (TPSA) is 72.8 Å². The second-order valence-electron chi connectivity index (χ2n) is 9.04. The molecule has 0 radical (unpaired) electrons. The molecule has 26 heavy (non-hydrogen) atoms. The Bertz CT molecular complexity index is 553. The largest absolute Gasteiger partial charge is 0.462 e. The number of hydrogen-bond donors (Lipinski definition) is 1. The Morgan fingerprint density at radius 2 is 1.96 bits per heavy atom. The molecule has 0 aromatic rings. The normalized spacial score (nSPS) is 43.3. The van der Waals surface area contributed by atoms with Crippen LogP contribution in [0, 0.1) is 11.8 Å². The number of carbonyl (C=O) groups excluding carboxylic acids is 2. The van der Waals surface area contributed by atoms with Crippen molar-refractivity contribution in [1.29, 1.82) is 0 Å². The number of fused-ring (bicyclic) bond motifs is 2. The molecule has 1 saturated heterocycles. The van der Waals surface area contributed by atoms with Gasteiger partial charge in [-0.15, -0.1) is 0 Å². The molecule has 2 aliphatic heterocycles. The van der Waals surface area contributed by atoms with Gasteiger partial charge >= 0.3 is 0 Å². The molecule has 1 fully saturated rings. The second-order valence-corrected chi connectivity index (χ2v) is 9.04. The Hall–Kier alpha value is -1.20. The molecule has 0 amide bonds. The van der Waals surface area contributed by atoms with Gasteiger partial charge in [0, 0.05) is 12.8 Å².